The van der Waals surface area contributed by atoms with E-state index in [2.05, 4.69) is 15.6 Å². The van der Waals surface area contributed by atoms with Crippen LogP contribution in [0.5, 0.6) is 0 Å². The Kier molecular flexibility index (Phi) is 6.08. The Morgan fingerprint density at radius 3 is 2.50 bits per heavy atom. The molecule has 7 nitrogen and oxygen atoms in total. The van der Waals surface area contributed by atoms with Crippen molar-refractivity contribution in [1.29, 1.82) is 0 Å². The van der Waals surface area contributed by atoms with Gasteiger partial charge in [0.1, 0.15) is 11.3 Å². The lowest BCUT2D eigenvalue weighted by Crippen LogP contribution is -2.31. The van der Waals surface area contributed by atoms with Crippen LogP contribution < -0.4 is 16.2 Å². The smallest absolute Gasteiger partial charge is 0.281 e. The van der Waals surface area contributed by atoms with Gasteiger partial charge < -0.3 is 10.6 Å². The number of amides is 2. The highest BCUT2D eigenvalue weighted by Crippen LogP contribution is 2.23. The SMILES string of the molecule is O=C(NCC1CCCCC1)c1ccc2ncc(NC(=O)c3ccc4ccccc4c3)c(=O)n2c1. The predicted molar refractivity (Wildman–Crippen MR) is 132 cm³/mol. The second-order valence-electron chi connectivity index (χ2n) is 8.85. The summed E-state index contributed by atoms with van der Waals surface area (Å²) in [6, 6.07) is 16.4. The van der Waals surface area contributed by atoms with Crippen LogP contribution in [-0.4, -0.2) is 27.7 Å². The average molecular weight is 455 g/mol. The highest BCUT2D eigenvalue weighted by atomic mass is 16.2. The van der Waals surface area contributed by atoms with E-state index in [0.29, 0.717) is 29.2 Å². The lowest BCUT2D eigenvalue weighted by molar-refractivity contribution is 0.0942. The molecule has 172 valence electrons. The van der Waals surface area contributed by atoms with E-state index in [-0.39, 0.29) is 11.6 Å². The van der Waals surface area contributed by atoms with E-state index in [0.717, 1.165) is 23.6 Å². The monoisotopic (exact) mass is 454 g/mol. The number of benzene rings is 2. The Hall–Kier alpha value is -4.00. The van der Waals surface area contributed by atoms with Crippen LogP contribution in [0, 0.1) is 5.92 Å². The van der Waals surface area contributed by atoms with Crippen molar-refractivity contribution in [2.24, 2.45) is 5.92 Å². The van der Waals surface area contributed by atoms with Gasteiger partial charge in [0.05, 0.1) is 11.8 Å². The third-order valence-electron chi connectivity index (χ3n) is 6.50. The fourth-order valence-electron chi connectivity index (χ4n) is 4.55. The van der Waals surface area contributed by atoms with Crippen LogP contribution in [0.4, 0.5) is 5.69 Å². The molecule has 2 aromatic carbocycles. The van der Waals surface area contributed by atoms with E-state index >= 15 is 0 Å². The topological polar surface area (TPSA) is 92.6 Å². The molecule has 1 fully saturated rings. The van der Waals surface area contributed by atoms with Gasteiger partial charge >= 0.3 is 0 Å². The van der Waals surface area contributed by atoms with Crippen LogP contribution in [0.1, 0.15) is 52.8 Å². The van der Waals surface area contributed by atoms with E-state index in [1.54, 1.807) is 24.3 Å². The molecule has 0 aliphatic heterocycles. The third kappa shape index (κ3) is 4.55. The van der Waals surface area contributed by atoms with Crippen LogP contribution in [0.15, 0.2) is 71.8 Å². The van der Waals surface area contributed by atoms with Gasteiger partial charge in [-0.25, -0.2) is 4.98 Å². The minimum atomic E-state index is -0.443. The highest BCUT2D eigenvalue weighted by Gasteiger charge is 2.16. The standard InChI is InChI=1S/C27H26N4O3/c32-25(29-15-18-6-2-1-3-7-18)22-12-13-24-28-16-23(27(34)31(24)17-22)30-26(33)21-11-10-19-8-4-5-9-20(19)14-21/h4-5,8-14,16-18H,1-3,6-7,15H2,(H,29,32)(H,30,33). The van der Waals surface area contributed by atoms with E-state index in [1.165, 1.54) is 36.1 Å². The number of carbonyl (C=O) groups is 2. The fourth-order valence-corrected chi connectivity index (χ4v) is 4.55. The van der Waals surface area contributed by atoms with Gasteiger partial charge in [0.25, 0.3) is 17.4 Å². The molecule has 0 spiro atoms. The number of carbonyl (C=O) groups excluding carboxylic acids is 2. The van der Waals surface area contributed by atoms with Crippen LogP contribution >= 0.6 is 0 Å². The van der Waals surface area contributed by atoms with Crippen LogP contribution in [0.2, 0.25) is 0 Å². The molecule has 0 radical (unpaired) electrons. The first-order chi connectivity index (χ1) is 16.6. The van der Waals surface area contributed by atoms with Gasteiger partial charge in [-0.2, -0.15) is 0 Å². The van der Waals surface area contributed by atoms with Gasteiger partial charge in [0.2, 0.25) is 0 Å². The number of fused-ring (bicyclic) bond motifs is 2. The summed E-state index contributed by atoms with van der Waals surface area (Å²) in [7, 11) is 0. The minimum Gasteiger partial charge on any atom is -0.352 e. The maximum Gasteiger partial charge on any atom is 0.281 e. The van der Waals surface area contributed by atoms with Crippen LogP contribution in [0.25, 0.3) is 16.4 Å². The Morgan fingerprint density at radius 1 is 0.912 bits per heavy atom. The molecule has 5 rings (SSSR count). The summed E-state index contributed by atoms with van der Waals surface area (Å²) in [6.45, 7) is 0.645. The second-order valence-corrected chi connectivity index (χ2v) is 8.85. The number of hydrogen-bond acceptors (Lipinski definition) is 4. The molecule has 2 N–H and O–H groups in total. The zero-order chi connectivity index (χ0) is 23.5. The average Bonchev–Trinajstić information content (AvgIpc) is 2.89. The van der Waals surface area contributed by atoms with Crippen molar-refractivity contribution in [3.05, 3.63) is 88.5 Å². The number of rotatable bonds is 5. The summed E-state index contributed by atoms with van der Waals surface area (Å²) in [5, 5.41) is 7.62. The Morgan fingerprint density at radius 2 is 1.68 bits per heavy atom. The quantitative estimate of drug-likeness (QED) is 0.467. The molecule has 7 heteroatoms. The zero-order valence-corrected chi connectivity index (χ0v) is 18.8. The first-order valence-electron chi connectivity index (χ1n) is 11.7. The molecule has 4 aromatic rings. The zero-order valence-electron chi connectivity index (χ0n) is 18.8. The number of nitrogens with zero attached hydrogens (tertiary/aromatic N) is 2. The predicted octanol–water partition coefficient (Wildman–Crippen LogP) is 4.41. The normalized spacial score (nSPS) is 14.2. The molecule has 1 aliphatic carbocycles. The van der Waals surface area contributed by atoms with Crippen molar-refractivity contribution in [3.63, 3.8) is 0 Å². The molecular weight excluding hydrogens is 428 g/mol. The first-order valence-corrected chi connectivity index (χ1v) is 11.7. The third-order valence-corrected chi connectivity index (χ3v) is 6.50. The molecule has 1 aliphatic rings. The summed E-state index contributed by atoms with van der Waals surface area (Å²) in [5.41, 5.74) is 0.832. The van der Waals surface area contributed by atoms with E-state index in [4.69, 9.17) is 0 Å². The number of anilines is 1. The van der Waals surface area contributed by atoms with Gasteiger partial charge in [-0.05, 0) is 53.8 Å². The van der Waals surface area contributed by atoms with E-state index in [1.807, 2.05) is 30.3 Å². The lowest BCUT2D eigenvalue weighted by Gasteiger charge is -2.21. The van der Waals surface area contributed by atoms with Crippen molar-refractivity contribution in [1.82, 2.24) is 14.7 Å². The van der Waals surface area contributed by atoms with Crippen molar-refractivity contribution >= 4 is 33.9 Å². The summed E-state index contributed by atoms with van der Waals surface area (Å²) in [5.74, 6) is -0.101. The summed E-state index contributed by atoms with van der Waals surface area (Å²) in [4.78, 5) is 42.8. The highest BCUT2D eigenvalue weighted by molar-refractivity contribution is 6.06. The fraction of sp³-hybridized carbons (Fsp3) is 0.259. The maximum atomic E-state index is 13.1. The molecule has 0 unspecified atom stereocenters. The molecule has 0 atom stereocenters. The lowest BCUT2D eigenvalue weighted by atomic mass is 9.89. The van der Waals surface area contributed by atoms with Crippen molar-refractivity contribution in [3.8, 4) is 0 Å². The van der Waals surface area contributed by atoms with Crippen molar-refractivity contribution in [2.45, 2.75) is 32.1 Å². The molecular formula is C27H26N4O3. The maximum absolute atomic E-state index is 13.1. The van der Waals surface area contributed by atoms with E-state index in [9.17, 15) is 14.4 Å². The van der Waals surface area contributed by atoms with Gasteiger partial charge in [0.15, 0.2) is 0 Å². The van der Waals surface area contributed by atoms with Gasteiger partial charge in [-0.15, -0.1) is 0 Å². The molecule has 0 saturated heterocycles. The Bertz CT molecular complexity index is 1440. The van der Waals surface area contributed by atoms with Gasteiger partial charge in [-0.3, -0.25) is 18.8 Å². The number of pyridine rings is 1. The van der Waals surface area contributed by atoms with Gasteiger partial charge in [0, 0.05) is 18.3 Å². The first kappa shape index (κ1) is 21.8. The minimum absolute atomic E-state index is 0.0513. The molecule has 34 heavy (non-hydrogen) atoms. The molecule has 2 heterocycles. The Balaban J connectivity index is 1.35. The summed E-state index contributed by atoms with van der Waals surface area (Å²) in [6.07, 6.45) is 8.80. The molecule has 1 saturated carbocycles. The number of hydrogen-bond donors (Lipinski definition) is 2. The number of nitrogens with one attached hydrogen (secondary N) is 2. The van der Waals surface area contributed by atoms with Crippen molar-refractivity contribution < 1.29 is 9.59 Å². The molecule has 2 aromatic heterocycles. The molecule has 0 bridgehead atoms. The Labute approximate surface area is 196 Å². The van der Waals surface area contributed by atoms with E-state index < -0.39 is 11.5 Å². The van der Waals surface area contributed by atoms with Crippen LogP contribution in [-0.2, 0) is 0 Å². The van der Waals surface area contributed by atoms with Crippen LogP contribution in [0.3, 0.4) is 0 Å². The second kappa shape index (κ2) is 9.47. The number of aromatic nitrogens is 2. The van der Waals surface area contributed by atoms with Crippen molar-refractivity contribution in [2.75, 3.05) is 11.9 Å². The summed E-state index contributed by atoms with van der Waals surface area (Å²) < 4.78 is 1.30. The summed E-state index contributed by atoms with van der Waals surface area (Å²) >= 11 is 0. The largest absolute Gasteiger partial charge is 0.352 e. The molecule has 2 amide bonds. The van der Waals surface area contributed by atoms with Gasteiger partial charge in [-0.1, -0.05) is 49.6 Å².